The highest BCUT2D eigenvalue weighted by Crippen LogP contribution is 2.26. The van der Waals surface area contributed by atoms with Crippen LogP contribution in [0.4, 0.5) is 4.39 Å². The van der Waals surface area contributed by atoms with E-state index in [0.29, 0.717) is 18.2 Å². The average molecular weight is 280 g/mol. The van der Waals surface area contributed by atoms with Crippen molar-refractivity contribution in [2.45, 2.75) is 50.8 Å². The van der Waals surface area contributed by atoms with Crippen molar-refractivity contribution < 1.29 is 13.9 Å². The van der Waals surface area contributed by atoms with Gasteiger partial charge in [-0.05, 0) is 38.8 Å². The summed E-state index contributed by atoms with van der Waals surface area (Å²) < 4.78 is 18.8. The maximum atomic E-state index is 13.1. The fourth-order valence-electron chi connectivity index (χ4n) is 2.30. The maximum absolute atomic E-state index is 13.1. The van der Waals surface area contributed by atoms with Gasteiger partial charge in [-0.1, -0.05) is 6.07 Å². The van der Waals surface area contributed by atoms with Crippen LogP contribution >= 0.6 is 0 Å². The van der Waals surface area contributed by atoms with Crippen LogP contribution in [0.15, 0.2) is 24.3 Å². The van der Waals surface area contributed by atoms with Crippen LogP contribution in [-0.4, -0.2) is 23.6 Å². The van der Waals surface area contributed by atoms with Gasteiger partial charge in [0.15, 0.2) is 0 Å². The van der Waals surface area contributed by atoms with Gasteiger partial charge in [0.1, 0.15) is 11.6 Å². The third kappa shape index (κ3) is 3.93. The number of ether oxygens (including phenoxy) is 1. The molecule has 2 rings (SSSR count). The molecule has 1 amide bonds. The first-order valence-corrected chi connectivity index (χ1v) is 6.89. The third-order valence-corrected chi connectivity index (χ3v) is 3.47. The molecule has 1 fully saturated rings. The summed E-state index contributed by atoms with van der Waals surface area (Å²) in [5.41, 5.74) is 4.70. The van der Waals surface area contributed by atoms with Crippen LogP contribution in [0.2, 0.25) is 0 Å². The summed E-state index contributed by atoms with van der Waals surface area (Å²) in [6.45, 7) is 3.64. The monoisotopic (exact) mass is 280 g/mol. The van der Waals surface area contributed by atoms with E-state index in [0.717, 1.165) is 12.8 Å². The number of nitrogens with one attached hydrogen (secondary N) is 1. The van der Waals surface area contributed by atoms with E-state index in [2.05, 4.69) is 5.32 Å². The van der Waals surface area contributed by atoms with E-state index in [1.165, 1.54) is 12.1 Å². The molecule has 1 aliphatic carbocycles. The molecule has 1 aromatic carbocycles. The van der Waals surface area contributed by atoms with Crippen molar-refractivity contribution in [3.63, 3.8) is 0 Å². The van der Waals surface area contributed by atoms with E-state index < -0.39 is 5.54 Å². The number of hydrogen-bond acceptors (Lipinski definition) is 3. The van der Waals surface area contributed by atoms with Crippen molar-refractivity contribution in [3.05, 3.63) is 30.1 Å². The zero-order valence-electron chi connectivity index (χ0n) is 11.9. The van der Waals surface area contributed by atoms with Crippen molar-refractivity contribution in [2.75, 3.05) is 0 Å². The lowest BCUT2D eigenvalue weighted by atomic mass is 9.93. The predicted molar refractivity (Wildman–Crippen MR) is 74.9 cm³/mol. The summed E-state index contributed by atoms with van der Waals surface area (Å²) in [6, 6.07) is 6.34. The van der Waals surface area contributed by atoms with Crippen LogP contribution < -0.4 is 15.8 Å². The van der Waals surface area contributed by atoms with Crippen molar-refractivity contribution >= 4 is 5.91 Å². The number of carbonyl (C=O) groups is 1. The summed E-state index contributed by atoms with van der Waals surface area (Å²) in [5, 5.41) is 3.27. The largest absolute Gasteiger partial charge is 0.491 e. The summed E-state index contributed by atoms with van der Waals surface area (Å²) in [4.78, 5) is 11.7. The van der Waals surface area contributed by atoms with E-state index >= 15 is 0 Å². The van der Waals surface area contributed by atoms with Crippen LogP contribution in [0, 0.1) is 5.82 Å². The van der Waals surface area contributed by atoms with Gasteiger partial charge in [0, 0.05) is 18.5 Å². The van der Waals surface area contributed by atoms with Crippen LogP contribution in [0.3, 0.4) is 0 Å². The second-order valence-electron chi connectivity index (χ2n) is 5.70. The van der Waals surface area contributed by atoms with E-state index in [4.69, 9.17) is 10.5 Å². The summed E-state index contributed by atoms with van der Waals surface area (Å²) in [6.07, 6.45) is 2.33. The molecule has 5 heteroatoms. The summed E-state index contributed by atoms with van der Waals surface area (Å²) >= 11 is 0. The first-order chi connectivity index (χ1) is 9.39. The predicted octanol–water partition coefficient (Wildman–Crippen LogP) is 1.98. The molecule has 1 saturated carbocycles. The Hall–Kier alpha value is -1.62. The van der Waals surface area contributed by atoms with Crippen molar-refractivity contribution in [3.8, 4) is 5.75 Å². The number of hydrogen-bond donors (Lipinski definition) is 2. The number of carbonyl (C=O) groups excluding carboxylic acids is 1. The van der Waals surface area contributed by atoms with Gasteiger partial charge in [-0.15, -0.1) is 0 Å². The Balaban J connectivity index is 1.97. The van der Waals surface area contributed by atoms with E-state index in [-0.39, 0.29) is 17.8 Å². The lowest BCUT2D eigenvalue weighted by Crippen LogP contribution is -2.55. The van der Waals surface area contributed by atoms with Crippen molar-refractivity contribution in [2.24, 2.45) is 5.73 Å². The van der Waals surface area contributed by atoms with Crippen LogP contribution in [0.5, 0.6) is 5.75 Å². The zero-order valence-corrected chi connectivity index (χ0v) is 11.9. The van der Waals surface area contributed by atoms with Gasteiger partial charge in [0.25, 0.3) is 0 Å². The minimum Gasteiger partial charge on any atom is -0.491 e. The molecule has 2 atom stereocenters. The molecule has 2 unspecified atom stereocenters. The molecule has 0 radical (unpaired) electrons. The molecule has 110 valence electrons. The fraction of sp³-hybridized carbons (Fsp3) is 0.533. The molecular weight excluding hydrogens is 259 g/mol. The second kappa shape index (κ2) is 5.79. The molecule has 0 bridgehead atoms. The average Bonchev–Trinajstić information content (AvgIpc) is 3.12. The van der Waals surface area contributed by atoms with Crippen LogP contribution in [-0.2, 0) is 4.79 Å². The summed E-state index contributed by atoms with van der Waals surface area (Å²) in [7, 11) is 0. The lowest BCUT2D eigenvalue weighted by molar-refractivity contribution is -0.124. The number of amides is 1. The Kier molecular flexibility index (Phi) is 4.28. The molecule has 1 aromatic rings. The molecule has 0 aromatic heterocycles. The maximum Gasteiger partial charge on any atom is 0.237 e. The Morgan fingerprint density at radius 3 is 2.85 bits per heavy atom. The fourth-order valence-corrected chi connectivity index (χ4v) is 2.30. The first-order valence-electron chi connectivity index (χ1n) is 6.89. The first kappa shape index (κ1) is 14.8. The number of rotatable bonds is 7. The van der Waals surface area contributed by atoms with Crippen LogP contribution in [0.25, 0.3) is 0 Å². The molecule has 0 saturated heterocycles. The number of benzene rings is 1. The highest BCUT2D eigenvalue weighted by molar-refractivity contribution is 5.84. The molecule has 20 heavy (non-hydrogen) atoms. The molecule has 0 spiro atoms. The minimum atomic E-state index is -0.798. The molecule has 0 aliphatic heterocycles. The molecule has 3 N–H and O–H groups in total. The van der Waals surface area contributed by atoms with E-state index in [9.17, 15) is 9.18 Å². The van der Waals surface area contributed by atoms with Gasteiger partial charge >= 0.3 is 0 Å². The topological polar surface area (TPSA) is 64.3 Å². The van der Waals surface area contributed by atoms with Gasteiger partial charge in [0.05, 0.1) is 11.6 Å². The normalized spacial score (nSPS) is 19.1. The standard InChI is InChI=1S/C15H21FN2O2/c1-10(20-13-5-3-4-11(16)8-13)9-15(2,14(17)19)18-12-6-7-12/h3-5,8,10,12,18H,6-7,9H2,1-2H3,(H2,17,19). The second-order valence-corrected chi connectivity index (χ2v) is 5.70. The lowest BCUT2D eigenvalue weighted by Gasteiger charge is -2.30. The van der Waals surface area contributed by atoms with Gasteiger partial charge in [0.2, 0.25) is 5.91 Å². The Labute approximate surface area is 118 Å². The number of halogens is 1. The van der Waals surface area contributed by atoms with Crippen molar-refractivity contribution in [1.29, 1.82) is 0 Å². The molecular formula is C15H21FN2O2. The minimum absolute atomic E-state index is 0.249. The molecule has 0 heterocycles. The summed E-state index contributed by atoms with van der Waals surface area (Å²) in [5.74, 6) is -0.279. The molecule has 1 aliphatic rings. The zero-order chi connectivity index (χ0) is 14.8. The highest BCUT2D eigenvalue weighted by atomic mass is 19.1. The third-order valence-electron chi connectivity index (χ3n) is 3.47. The van der Waals surface area contributed by atoms with Gasteiger partial charge in [-0.25, -0.2) is 4.39 Å². The van der Waals surface area contributed by atoms with Gasteiger partial charge in [-0.2, -0.15) is 0 Å². The Morgan fingerprint density at radius 2 is 2.30 bits per heavy atom. The Bertz CT molecular complexity index is 491. The van der Waals surface area contributed by atoms with Crippen LogP contribution in [0.1, 0.15) is 33.1 Å². The Morgan fingerprint density at radius 1 is 1.60 bits per heavy atom. The quantitative estimate of drug-likeness (QED) is 0.802. The number of nitrogens with two attached hydrogens (primary N) is 1. The van der Waals surface area contributed by atoms with Gasteiger partial charge in [-0.3, -0.25) is 4.79 Å². The SMILES string of the molecule is CC(CC(C)(NC1CC1)C(N)=O)Oc1cccc(F)c1. The van der Waals surface area contributed by atoms with Crippen molar-refractivity contribution in [1.82, 2.24) is 5.32 Å². The van der Waals surface area contributed by atoms with E-state index in [1.807, 2.05) is 6.92 Å². The molecule has 4 nitrogen and oxygen atoms in total. The van der Waals surface area contributed by atoms with Gasteiger partial charge < -0.3 is 15.8 Å². The smallest absolute Gasteiger partial charge is 0.237 e. The van der Waals surface area contributed by atoms with E-state index in [1.54, 1.807) is 19.1 Å². The number of primary amides is 1. The highest BCUT2D eigenvalue weighted by Gasteiger charge is 2.38.